The second-order valence-electron chi connectivity index (χ2n) is 5.04. The number of amides is 1. The van der Waals surface area contributed by atoms with Gasteiger partial charge in [-0.3, -0.25) is 4.79 Å². The zero-order valence-electron chi connectivity index (χ0n) is 11.2. The van der Waals surface area contributed by atoms with Crippen molar-refractivity contribution in [2.75, 3.05) is 13.7 Å². The van der Waals surface area contributed by atoms with Gasteiger partial charge in [0.05, 0.1) is 19.3 Å². The molecule has 5 nitrogen and oxygen atoms in total. The highest BCUT2D eigenvalue weighted by molar-refractivity contribution is 5.94. The van der Waals surface area contributed by atoms with Gasteiger partial charge in [-0.15, -0.1) is 0 Å². The van der Waals surface area contributed by atoms with E-state index in [1.165, 1.54) is 13.5 Å². The Morgan fingerprint density at radius 1 is 1.47 bits per heavy atom. The molecule has 1 saturated carbocycles. The van der Waals surface area contributed by atoms with E-state index in [9.17, 15) is 9.90 Å². The van der Waals surface area contributed by atoms with E-state index in [1.807, 2.05) is 0 Å². The van der Waals surface area contributed by atoms with Crippen LogP contribution in [-0.4, -0.2) is 35.3 Å². The minimum Gasteiger partial charge on any atom is -0.481 e. The van der Waals surface area contributed by atoms with Crippen LogP contribution in [-0.2, 0) is 0 Å². The molecule has 1 aromatic rings. The van der Waals surface area contributed by atoms with Crippen LogP contribution in [0.1, 0.15) is 42.5 Å². The number of nitrogens with one attached hydrogen (secondary N) is 1. The molecule has 2 rings (SSSR count). The molecule has 0 atom stereocenters. The summed E-state index contributed by atoms with van der Waals surface area (Å²) in [6, 6.07) is 3.25. The average Bonchev–Trinajstić information content (AvgIpc) is 2.48. The van der Waals surface area contributed by atoms with Gasteiger partial charge in [-0.2, -0.15) is 0 Å². The summed E-state index contributed by atoms with van der Waals surface area (Å²) < 4.78 is 5.01. The van der Waals surface area contributed by atoms with E-state index < -0.39 is 5.54 Å². The van der Waals surface area contributed by atoms with Gasteiger partial charge in [0.25, 0.3) is 5.91 Å². The van der Waals surface area contributed by atoms with Crippen LogP contribution in [0.5, 0.6) is 5.88 Å². The number of carbonyl (C=O) groups is 1. The number of hydrogen-bond acceptors (Lipinski definition) is 4. The third kappa shape index (κ3) is 3.23. The van der Waals surface area contributed by atoms with E-state index in [4.69, 9.17) is 4.74 Å². The molecule has 1 aromatic heterocycles. The first-order valence-electron chi connectivity index (χ1n) is 6.62. The maximum atomic E-state index is 12.2. The number of nitrogens with zero attached hydrogens (tertiary/aromatic N) is 1. The van der Waals surface area contributed by atoms with Crippen LogP contribution in [0.15, 0.2) is 18.3 Å². The number of ether oxygens (including phenoxy) is 1. The predicted molar refractivity (Wildman–Crippen MR) is 71.2 cm³/mol. The summed E-state index contributed by atoms with van der Waals surface area (Å²) in [6.07, 6.45) is 6.46. The monoisotopic (exact) mass is 264 g/mol. The highest BCUT2D eigenvalue weighted by atomic mass is 16.5. The number of methoxy groups -OCH3 is 1. The number of aromatic nitrogens is 1. The Morgan fingerprint density at radius 3 is 2.84 bits per heavy atom. The van der Waals surface area contributed by atoms with Crippen molar-refractivity contribution in [3.8, 4) is 5.88 Å². The first kappa shape index (κ1) is 13.8. The Kier molecular flexibility index (Phi) is 4.37. The normalized spacial score (nSPS) is 17.8. The van der Waals surface area contributed by atoms with Crippen molar-refractivity contribution < 1.29 is 14.6 Å². The quantitative estimate of drug-likeness (QED) is 0.865. The third-order valence-electron chi connectivity index (χ3n) is 3.70. The van der Waals surface area contributed by atoms with Gasteiger partial charge in [0.15, 0.2) is 0 Å². The van der Waals surface area contributed by atoms with Gasteiger partial charge >= 0.3 is 0 Å². The van der Waals surface area contributed by atoms with Crippen LogP contribution in [0.2, 0.25) is 0 Å². The molecule has 2 N–H and O–H groups in total. The lowest BCUT2D eigenvalue weighted by atomic mass is 9.82. The van der Waals surface area contributed by atoms with Crippen LogP contribution < -0.4 is 10.1 Å². The molecule has 1 aliphatic rings. The molecule has 0 spiro atoms. The number of aliphatic hydroxyl groups is 1. The maximum absolute atomic E-state index is 12.2. The Morgan fingerprint density at radius 2 is 2.21 bits per heavy atom. The molecule has 1 aliphatic carbocycles. The van der Waals surface area contributed by atoms with Crippen LogP contribution in [0.4, 0.5) is 0 Å². The Balaban J connectivity index is 2.10. The lowest BCUT2D eigenvalue weighted by Crippen LogP contribution is -2.52. The fraction of sp³-hybridized carbons (Fsp3) is 0.571. The largest absolute Gasteiger partial charge is 0.481 e. The molecule has 19 heavy (non-hydrogen) atoms. The topological polar surface area (TPSA) is 71.5 Å². The van der Waals surface area contributed by atoms with Crippen molar-refractivity contribution in [3.05, 3.63) is 23.9 Å². The molecule has 0 saturated heterocycles. The molecule has 0 aromatic carbocycles. The Hall–Kier alpha value is -1.62. The molecule has 1 fully saturated rings. The fourth-order valence-corrected chi connectivity index (χ4v) is 2.53. The van der Waals surface area contributed by atoms with Gasteiger partial charge in [-0.25, -0.2) is 4.98 Å². The van der Waals surface area contributed by atoms with Gasteiger partial charge in [0.2, 0.25) is 5.88 Å². The van der Waals surface area contributed by atoms with Crippen molar-refractivity contribution in [1.82, 2.24) is 10.3 Å². The van der Waals surface area contributed by atoms with E-state index in [1.54, 1.807) is 18.3 Å². The van der Waals surface area contributed by atoms with Crippen LogP contribution in [0.25, 0.3) is 0 Å². The predicted octanol–water partition coefficient (Wildman–Crippen LogP) is 1.52. The molecule has 0 unspecified atom stereocenters. The van der Waals surface area contributed by atoms with Gasteiger partial charge in [0, 0.05) is 17.8 Å². The first-order valence-corrected chi connectivity index (χ1v) is 6.62. The number of rotatable bonds is 4. The maximum Gasteiger partial charge on any atom is 0.252 e. The summed E-state index contributed by atoms with van der Waals surface area (Å²) in [4.78, 5) is 16.2. The number of aliphatic hydroxyl groups excluding tert-OH is 1. The molecular weight excluding hydrogens is 244 g/mol. The van der Waals surface area contributed by atoms with Crippen molar-refractivity contribution in [1.29, 1.82) is 0 Å². The molecule has 104 valence electrons. The standard InChI is InChI=1S/C14H20N2O3/c1-19-12-9-11(5-8-15-12)13(18)16-14(10-17)6-3-2-4-7-14/h5,8-9,17H,2-4,6-7,10H2,1H3,(H,16,18). The van der Waals surface area contributed by atoms with Gasteiger partial charge in [0.1, 0.15) is 0 Å². The first-order chi connectivity index (χ1) is 9.19. The summed E-state index contributed by atoms with van der Waals surface area (Å²) >= 11 is 0. The lowest BCUT2D eigenvalue weighted by molar-refractivity contribution is 0.0758. The third-order valence-corrected chi connectivity index (χ3v) is 3.70. The van der Waals surface area contributed by atoms with E-state index in [0.717, 1.165) is 25.7 Å². The van der Waals surface area contributed by atoms with Crippen LogP contribution in [0, 0.1) is 0 Å². The summed E-state index contributed by atoms with van der Waals surface area (Å²) in [5, 5.41) is 12.6. The molecule has 1 heterocycles. The van der Waals surface area contributed by atoms with Crippen LogP contribution >= 0.6 is 0 Å². The van der Waals surface area contributed by atoms with Gasteiger partial charge in [-0.05, 0) is 18.9 Å². The summed E-state index contributed by atoms with van der Waals surface area (Å²) in [5.41, 5.74) is 0.0384. The summed E-state index contributed by atoms with van der Waals surface area (Å²) in [5.74, 6) is 0.228. The van der Waals surface area contributed by atoms with Crippen molar-refractivity contribution in [2.45, 2.75) is 37.6 Å². The molecule has 0 bridgehead atoms. The number of hydrogen-bond donors (Lipinski definition) is 2. The highest BCUT2D eigenvalue weighted by Crippen LogP contribution is 2.28. The van der Waals surface area contributed by atoms with E-state index >= 15 is 0 Å². The molecular formula is C14H20N2O3. The second kappa shape index (κ2) is 6.02. The highest BCUT2D eigenvalue weighted by Gasteiger charge is 2.33. The van der Waals surface area contributed by atoms with Gasteiger partial charge in [-0.1, -0.05) is 19.3 Å². The van der Waals surface area contributed by atoms with E-state index in [2.05, 4.69) is 10.3 Å². The minimum absolute atomic E-state index is 0.0129. The SMILES string of the molecule is COc1cc(C(=O)NC2(CO)CCCCC2)ccn1. The molecule has 0 radical (unpaired) electrons. The number of pyridine rings is 1. The zero-order chi connectivity index (χ0) is 13.7. The van der Waals surface area contributed by atoms with Crippen molar-refractivity contribution >= 4 is 5.91 Å². The second-order valence-corrected chi connectivity index (χ2v) is 5.04. The van der Waals surface area contributed by atoms with Crippen molar-refractivity contribution in [2.24, 2.45) is 0 Å². The van der Waals surface area contributed by atoms with Crippen molar-refractivity contribution in [3.63, 3.8) is 0 Å². The molecule has 1 amide bonds. The fourth-order valence-electron chi connectivity index (χ4n) is 2.53. The van der Waals surface area contributed by atoms with Gasteiger partial charge < -0.3 is 15.2 Å². The average molecular weight is 264 g/mol. The van der Waals surface area contributed by atoms with Crippen LogP contribution in [0.3, 0.4) is 0 Å². The zero-order valence-corrected chi connectivity index (χ0v) is 11.2. The van der Waals surface area contributed by atoms with E-state index in [-0.39, 0.29) is 12.5 Å². The Bertz CT molecular complexity index is 442. The summed E-state index contributed by atoms with van der Waals surface area (Å²) in [7, 11) is 1.51. The molecule has 5 heteroatoms. The van der Waals surface area contributed by atoms with E-state index in [0.29, 0.717) is 11.4 Å². The lowest BCUT2D eigenvalue weighted by Gasteiger charge is -2.36. The Labute approximate surface area is 113 Å². The summed E-state index contributed by atoms with van der Waals surface area (Å²) in [6.45, 7) is -0.0129. The number of carbonyl (C=O) groups excluding carboxylic acids is 1. The smallest absolute Gasteiger partial charge is 0.252 e. The minimum atomic E-state index is -0.466. The molecule has 0 aliphatic heterocycles.